The molecule has 0 atom stereocenters. The van der Waals surface area contributed by atoms with E-state index in [9.17, 15) is 22.8 Å². The number of rotatable bonds is 2. The van der Waals surface area contributed by atoms with E-state index >= 15 is 0 Å². The lowest BCUT2D eigenvalue weighted by Crippen LogP contribution is -2.18. The molecule has 1 aromatic carbocycles. The van der Waals surface area contributed by atoms with Gasteiger partial charge in [0.15, 0.2) is 0 Å². The van der Waals surface area contributed by atoms with E-state index in [0.29, 0.717) is 6.07 Å². The van der Waals surface area contributed by atoms with Crippen molar-refractivity contribution in [3.8, 4) is 0 Å². The summed E-state index contributed by atoms with van der Waals surface area (Å²) in [6, 6.07) is 2.51. The number of nitrogens with zero attached hydrogens (tertiary/aromatic N) is 1. The van der Waals surface area contributed by atoms with Crippen LogP contribution in [0.4, 0.5) is 13.2 Å². The molecule has 1 heterocycles. The fourth-order valence-corrected chi connectivity index (χ4v) is 1.61. The molecule has 0 aliphatic carbocycles. The van der Waals surface area contributed by atoms with E-state index in [1.165, 1.54) is 0 Å². The molecule has 0 saturated heterocycles. The summed E-state index contributed by atoms with van der Waals surface area (Å²) in [5, 5.41) is -0.0361. The SMILES string of the molecule is CCOC(=O)c1nc2cc(C(F)(F)F)ccc2c(=O)[nH]1. The second-order valence-corrected chi connectivity index (χ2v) is 3.86. The Kier molecular flexibility index (Phi) is 3.47. The van der Waals surface area contributed by atoms with Crippen LogP contribution in [0.5, 0.6) is 0 Å². The number of ether oxygens (including phenoxy) is 1. The number of nitrogens with one attached hydrogen (secondary N) is 1. The van der Waals surface area contributed by atoms with Crippen molar-refractivity contribution in [2.75, 3.05) is 6.61 Å². The Hall–Kier alpha value is -2.38. The number of esters is 1. The van der Waals surface area contributed by atoms with Crippen LogP contribution in [0.2, 0.25) is 0 Å². The lowest BCUT2D eigenvalue weighted by atomic mass is 10.1. The summed E-state index contributed by atoms with van der Waals surface area (Å²) < 4.78 is 42.4. The van der Waals surface area contributed by atoms with Gasteiger partial charge in [0, 0.05) is 0 Å². The van der Waals surface area contributed by atoms with Crippen LogP contribution in [-0.4, -0.2) is 22.5 Å². The summed E-state index contributed by atoms with van der Waals surface area (Å²) in [6.07, 6.45) is -4.55. The molecule has 0 unspecified atom stereocenters. The van der Waals surface area contributed by atoms with Gasteiger partial charge in [-0.2, -0.15) is 13.2 Å². The van der Waals surface area contributed by atoms with Gasteiger partial charge in [-0.05, 0) is 25.1 Å². The maximum atomic E-state index is 12.6. The molecule has 2 aromatic rings. The molecule has 0 saturated carbocycles. The Morgan fingerprint density at radius 1 is 1.40 bits per heavy atom. The number of hydrogen-bond acceptors (Lipinski definition) is 4. The summed E-state index contributed by atoms with van der Waals surface area (Å²) >= 11 is 0. The van der Waals surface area contributed by atoms with E-state index in [0.717, 1.165) is 12.1 Å². The molecule has 0 spiro atoms. The van der Waals surface area contributed by atoms with Crippen molar-refractivity contribution in [1.82, 2.24) is 9.97 Å². The standard InChI is InChI=1S/C12H9F3N2O3/c1-2-20-11(19)9-16-8-5-6(12(13,14)15)3-4-7(8)10(18)17-9/h3-5H,2H2,1H3,(H,16,17,18). The van der Waals surface area contributed by atoms with Crippen LogP contribution in [0.25, 0.3) is 10.9 Å². The van der Waals surface area contributed by atoms with E-state index < -0.39 is 29.1 Å². The molecule has 0 amide bonds. The zero-order valence-corrected chi connectivity index (χ0v) is 10.2. The number of halogens is 3. The molecule has 1 N–H and O–H groups in total. The average molecular weight is 286 g/mol. The average Bonchev–Trinajstić information content (AvgIpc) is 2.37. The van der Waals surface area contributed by atoms with Crippen LogP contribution < -0.4 is 5.56 Å². The first-order valence-corrected chi connectivity index (χ1v) is 5.61. The first kappa shape index (κ1) is 14.0. The van der Waals surface area contributed by atoms with Gasteiger partial charge in [-0.25, -0.2) is 9.78 Å². The van der Waals surface area contributed by atoms with E-state index in [-0.39, 0.29) is 17.5 Å². The minimum atomic E-state index is -4.55. The van der Waals surface area contributed by atoms with E-state index in [4.69, 9.17) is 0 Å². The van der Waals surface area contributed by atoms with Crippen LogP contribution in [0.3, 0.4) is 0 Å². The molecule has 8 heteroatoms. The van der Waals surface area contributed by atoms with Gasteiger partial charge in [0.05, 0.1) is 23.1 Å². The second-order valence-electron chi connectivity index (χ2n) is 3.86. The molecule has 0 aliphatic heterocycles. The number of benzene rings is 1. The fraction of sp³-hybridized carbons (Fsp3) is 0.250. The maximum absolute atomic E-state index is 12.6. The quantitative estimate of drug-likeness (QED) is 0.858. The molecular formula is C12H9F3N2O3. The van der Waals surface area contributed by atoms with E-state index in [1.807, 2.05) is 0 Å². The van der Waals surface area contributed by atoms with Gasteiger partial charge in [0.1, 0.15) is 0 Å². The summed E-state index contributed by atoms with van der Waals surface area (Å²) in [7, 11) is 0. The Balaban J connectivity index is 2.62. The molecule has 0 radical (unpaired) electrons. The van der Waals surface area contributed by atoms with Crippen molar-refractivity contribution in [2.45, 2.75) is 13.1 Å². The van der Waals surface area contributed by atoms with E-state index in [1.54, 1.807) is 6.92 Å². The number of aromatic nitrogens is 2. The summed E-state index contributed by atoms with van der Waals surface area (Å²) in [4.78, 5) is 29.0. The molecular weight excluding hydrogens is 277 g/mol. The fourth-order valence-electron chi connectivity index (χ4n) is 1.61. The number of H-pyrrole nitrogens is 1. The number of carbonyl (C=O) groups is 1. The molecule has 5 nitrogen and oxygen atoms in total. The topological polar surface area (TPSA) is 72.0 Å². The van der Waals surface area contributed by atoms with Crippen molar-refractivity contribution < 1.29 is 22.7 Å². The second kappa shape index (κ2) is 4.95. The van der Waals surface area contributed by atoms with Crippen LogP contribution >= 0.6 is 0 Å². The molecule has 0 fully saturated rings. The lowest BCUT2D eigenvalue weighted by molar-refractivity contribution is -0.137. The van der Waals surface area contributed by atoms with Gasteiger partial charge < -0.3 is 9.72 Å². The molecule has 0 aliphatic rings. The van der Waals surface area contributed by atoms with Crippen LogP contribution in [0.15, 0.2) is 23.0 Å². The third-order valence-electron chi connectivity index (χ3n) is 2.50. The first-order valence-electron chi connectivity index (χ1n) is 5.61. The number of alkyl halides is 3. The van der Waals surface area contributed by atoms with Crippen molar-refractivity contribution in [2.24, 2.45) is 0 Å². The van der Waals surface area contributed by atoms with Gasteiger partial charge in [0.2, 0.25) is 5.82 Å². The van der Waals surface area contributed by atoms with Crippen molar-refractivity contribution in [3.63, 3.8) is 0 Å². The molecule has 20 heavy (non-hydrogen) atoms. The van der Waals surface area contributed by atoms with Crippen LogP contribution in [0.1, 0.15) is 23.1 Å². The molecule has 0 bridgehead atoms. The third-order valence-corrected chi connectivity index (χ3v) is 2.50. The van der Waals surface area contributed by atoms with Gasteiger partial charge in [-0.15, -0.1) is 0 Å². The van der Waals surface area contributed by atoms with Gasteiger partial charge in [-0.1, -0.05) is 0 Å². The molecule has 2 rings (SSSR count). The Morgan fingerprint density at radius 2 is 2.10 bits per heavy atom. The highest BCUT2D eigenvalue weighted by Crippen LogP contribution is 2.30. The van der Waals surface area contributed by atoms with Crippen LogP contribution in [0, 0.1) is 0 Å². The van der Waals surface area contributed by atoms with Gasteiger partial charge >= 0.3 is 12.1 Å². The van der Waals surface area contributed by atoms with Crippen molar-refractivity contribution in [1.29, 1.82) is 0 Å². The Morgan fingerprint density at radius 3 is 2.70 bits per heavy atom. The summed E-state index contributed by atoms with van der Waals surface area (Å²) in [5.74, 6) is -1.33. The number of carbonyl (C=O) groups excluding carboxylic acids is 1. The number of fused-ring (bicyclic) bond motifs is 1. The smallest absolute Gasteiger partial charge is 0.416 e. The predicted molar refractivity (Wildman–Crippen MR) is 63.3 cm³/mol. The van der Waals surface area contributed by atoms with Crippen molar-refractivity contribution in [3.05, 3.63) is 39.9 Å². The minimum Gasteiger partial charge on any atom is -0.460 e. The molecule has 106 valence electrons. The monoisotopic (exact) mass is 286 g/mol. The normalized spacial score (nSPS) is 11.6. The lowest BCUT2D eigenvalue weighted by Gasteiger charge is -2.07. The number of aromatic amines is 1. The predicted octanol–water partition coefficient (Wildman–Crippen LogP) is 2.12. The Labute approximate surface area is 110 Å². The third kappa shape index (κ3) is 2.63. The Bertz CT molecular complexity index is 722. The van der Waals surface area contributed by atoms with Crippen molar-refractivity contribution >= 4 is 16.9 Å². The maximum Gasteiger partial charge on any atom is 0.416 e. The summed E-state index contributed by atoms with van der Waals surface area (Å²) in [6.45, 7) is 1.61. The highest BCUT2D eigenvalue weighted by atomic mass is 19.4. The molecule has 1 aromatic heterocycles. The van der Waals surface area contributed by atoms with E-state index in [2.05, 4.69) is 14.7 Å². The highest BCUT2D eigenvalue weighted by molar-refractivity contribution is 5.88. The van der Waals surface area contributed by atoms with Crippen LogP contribution in [-0.2, 0) is 10.9 Å². The summed E-state index contributed by atoms with van der Waals surface area (Å²) in [5.41, 5.74) is -1.86. The van der Waals surface area contributed by atoms with Gasteiger partial charge in [0.25, 0.3) is 5.56 Å². The zero-order chi connectivity index (χ0) is 14.9. The minimum absolute atomic E-state index is 0.0361. The number of hydrogen-bond donors (Lipinski definition) is 1. The first-order chi connectivity index (χ1) is 9.32. The highest BCUT2D eigenvalue weighted by Gasteiger charge is 2.30. The zero-order valence-electron chi connectivity index (χ0n) is 10.2. The van der Waals surface area contributed by atoms with Gasteiger partial charge in [-0.3, -0.25) is 4.79 Å². The largest absolute Gasteiger partial charge is 0.460 e.